The van der Waals surface area contributed by atoms with Crippen molar-refractivity contribution in [3.8, 4) is 0 Å². The van der Waals surface area contributed by atoms with Gasteiger partial charge in [-0.05, 0) is 81.1 Å². The molecule has 14 atom stereocenters. The molecular formula is C66H102N18O19. The van der Waals surface area contributed by atoms with Crippen LogP contribution in [-0.2, 0) is 84.8 Å². The van der Waals surface area contributed by atoms with Crippen LogP contribution < -0.4 is 92.1 Å². The summed E-state index contributed by atoms with van der Waals surface area (Å²) in [6, 6.07) is -4.24. The third-order valence-electron chi connectivity index (χ3n) is 16.5. The largest absolute Gasteiger partial charge is 0.481 e. The summed E-state index contributed by atoms with van der Waals surface area (Å²) in [5.74, 6) is -17.0. The topological polar surface area (TPSA) is 613 Å². The van der Waals surface area contributed by atoms with Crippen molar-refractivity contribution >= 4 is 99.6 Å². The number of para-hydroxylation sites is 1. The van der Waals surface area contributed by atoms with E-state index < -0.39 is 224 Å². The Kier molecular flexibility index (Phi) is 36.8. The van der Waals surface area contributed by atoms with Gasteiger partial charge in [0, 0.05) is 42.9 Å². The van der Waals surface area contributed by atoms with Gasteiger partial charge in [-0.25, -0.2) is 0 Å². The van der Waals surface area contributed by atoms with Gasteiger partial charge in [-0.1, -0.05) is 96.5 Å². The van der Waals surface area contributed by atoms with Crippen LogP contribution in [-0.4, -0.2) is 232 Å². The molecule has 570 valence electrons. The number of benzene rings is 2. The van der Waals surface area contributed by atoms with Crippen molar-refractivity contribution in [3.05, 3.63) is 71.9 Å². The van der Waals surface area contributed by atoms with Crippen molar-refractivity contribution in [2.75, 3.05) is 39.4 Å². The number of amides is 13. The third-order valence-corrected chi connectivity index (χ3v) is 16.5. The van der Waals surface area contributed by atoms with Crippen LogP contribution in [0, 0.1) is 17.8 Å². The second kappa shape index (κ2) is 43.6. The Morgan fingerprint density at radius 2 is 0.864 bits per heavy atom. The number of aromatic nitrogens is 1. The van der Waals surface area contributed by atoms with E-state index in [4.69, 9.17) is 22.9 Å². The molecule has 37 nitrogen and oxygen atoms in total. The van der Waals surface area contributed by atoms with Crippen LogP contribution in [0.25, 0.3) is 10.9 Å². The predicted molar refractivity (Wildman–Crippen MR) is 372 cm³/mol. The molecule has 0 aliphatic heterocycles. The van der Waals surface area contributed by atoms with E-state index in [0.29, 0.717) is 28.5 Å². The van der Waals surface area contributed by atoms with E-state index in [1.54, 1.807) is 96.1 Å². The summed E-state index contributed by atoms with van der Waals surface area (Å²) in [5.41, 5.74) is 24.7. The Bertz CT molecular complexity index is 3410. The maximum absolute atomic E-state index is 14.5. The highest BCUT2D eigenvalue weighted by Gasteiger charge is 2.38. The van der Waals surface area contributed by atoms with Crippen molar-refractivity contribution < 1.29 is 92.3 Å². The van der Waals surface area contributed by atoms with Crippen LogP contribution in [0.15, 0.2) is 60.8 Å². The lowest BCUT2D eigenvalue weighted by Gasteiger charge is -2.30. The molecule has 0 radical (unpaired) electrons. The van der Waals surface area contributed by atoms with Crippen LogP contribution in [0.3, 0.4) is 0 Å². The number of hydrogen-bond acceptors (Lipinski definition) is 21. The lowest BCUT2D eigenvalue weighted by atomic mass is 9.96. The van der Waals surface area contributed by atoms with Crippen LogP contribution in [0.2, 0.25) is 0 Å². The van der Waals surface area contributed by atoms with E-state index in [0.717, 1.165) is 0 Å². The van der Waals surface area contributed by atoms with Crippen LogP contribution >= 0.6 is 0 Å². The molecule has 3 aromatic rings. The van der Waals surface area contributed by atoms with Gasteiger partial charge >= 0.3 is 11.9 Å². The summed E-state index contributed by atoms with van der Waals surface area (Å²) in [7, 11) is 0. The van der Waals surface area contributed by atoms with Gasteiger partial charge in [-0.3, -0.25) is 71.9 Å². The number of fused-ring (bicyclic) bond motifs is 1. The zero-order valence-electron chi connectivity index (χ0n) is 58.9. The summed E-state index contributed by atoms with van der Waals surface area (Å²) in [6.45, 7) is 8.40. The number of nitrogens with one attached hydrogen (secondary N) is 14. The standard InChI is InChI=1S/C66H102N18O19/c1-9-34(6)53(65(101)73-36(8)66(102)103)84-64(100)52(33(4)5)83-58(94)41(19-20-50(88)89)75-59(95)44(25-37-15-11-10-12-16-37)78-57(93)43(22-24-68)76-56(92)42(21-23-67)77-62(98)48(31-86)81-60(96)45(26-38-28-71-40-18-14-13-17-39(38)40)79-61(97)47(30-85)74-49(87)29-72-55(91)46(27-69)80-63(99)51(32(2)3)82-54(90)35(7)70/h10-18,28,32-36,41-48,51-53,71,85-86H,9,19-27,29-31,67-70H2,1-8H3,(H,72,91)(H,73,101)(H,74,87)(H,75,95)(H,76,92)(H,77,98)(H,78,93)(H,79,97)(H,80,99)(H,81,96)(H,82,90)(H,83,94)(H,84,100)(H,88,89)(H,102,103)/t34-,35-,36-,41-,42-,43+,44-,45+,46+,47+,48-,51+,52-,53+/m0/s1. The van der Waals surface area contributed by atoms with Gasteiger partial charge in [0.25, 0.3) is 0 Å². The fourth-order valence-electron chi connectivity index (χ4n) is 10.2. The zero-order chi connectivity index (χ0) is 77.4. The molecule has 26 N–H and O–H groups in total. The highest BCUT2D eigenvalue weighted by molar-refractivity contribution is 6.00. The monoisotopic (exact) mass is 1450 g/mol. The van der Waals surface area contributed by atoms with Crippen molar-refractivity contribution in [3.63, 3.8) is 0 Å². The molecular weight excluding hydrogens is 1350 g/mol. The second-order valence-corrected chi connectivity index (χ2v) is 25.4. The Hall–Kier alpha value is -10.2. The minimum Gasteiger partial charge on any atom is -0.481 e. The molecule has 0 bridgehead atoms. The van der Waals surface area contributed by atoms with Crippen LogP contribution in [0.4, 0.5) is 0 Å². The average molecular weight is 1450 g/mol. The van der Waals surface area contributed by atoms with Gasteiger partial charge < -0.3 is 117 Å². The summed E-state index contributed by atoms with van der Waals surface area (Å²) >= 11 is 0. The SMILES string of the molecule is CC[C@H](C)[C@@H](NC(=O)[C@@H](NC(=O)[C@H](CCC(=O)O)NC(=O)[C@H](Cc1ccccc1)NC(=O)[C@@H](CCN)NC(=O)[C@H](CCN)NC(=O)[C@H](CO)NC(=O)[C@@H](Cc1c[nH]c2ccccc12)NC(=O)[C@@H](CO)NC(=O)CNC(=O)[C@@H](CN)NC(=O)[C@H](NC(=O)[C@H](C)N)C(C)C)C(C)C)C(=O)N[C@@H](C)C(=O)O. The average Bonchev–Trinajstić information content (AvgIpc) is 1.75. The highest BCUT2D eigenvalue weighted by atomic mass is 16.4. The van der Waals surface area contributed by atoms with Crippen molar-refractivity contribution in [1.29, 1.82) is 0 Å². The first-order chi connectivity index (χ1) is 48.6. The minimum atomic E-state index is -1.88. The van der Waals surface area contributed by atoms with E-state index in [-0.39, 0.29) is 38.8 Å². The molecule has 2 aromatic carbocycles. The number of carboxylic acids is 2. The molecule has 1 heterocycles. The number of nitrogens with two attached hydrogens (primary N) is 4. The molecule has 0 unspecified atom stereocenters. The number of carboxylic acid groups (broad SMARTS) is 2. The van der Waals surface area contributed by atoms with Crippen LogP contribution in [0.5, 0.6) is 0 Å². The zero-order valence-corrected chi connectivity index (χ0v) is 58.9. The second-order valence-electron chi connectivity index (χ2n) is 25.4. The number of hydrogen-bond donors (Lipinski definition) is 22. The number of aromatic amines is 1. The maximum Gasteiger partial charge on any atom is 0.325 e. The first kappa shape index (κ1) is 87.0. The number of rotatable bonds is 45. The summed E-state index contributed by atoms with van der Waals surface area (Å²) in [5, 5.41) is 72.2. The van der Waals surface area contributed by atoms with Gasteiger partial charge in [-0.15, -0.1) is 0 Å². The molecule has 3 rings (SSSR count). The first-order valence-electron chi connectivity index (χ1n) is 33.7. The number of aliphatic hydroxyl groups excluding tert-OH is 2. The minimum absolute atomic E-state index is 0.260. The summed E-state index contributed by atoms with van der Waals surface area (Å²) in [4.78, 5) is 205. The molecule has 0 saturated heterocycles. The van der Waals surface area contributed by atoms with E-state index in [2.05, 4.69) is 74.1 Å². The molecule has 1 aromatic heterocycles. The Labute approximate surface area is 594 Å². The van der Waals surface area contributed by atoms with Crippen LogP contribution in [0.1, 0.15) is 98.6 Å². The molecule has 0 fully saturated rings. The smallest absolute Gasteiger partial charge is 0.325 e. The maximum atomic E-state index is 14.5. The van der Waals surface area contributed by atoms with Gasteiger partial charge in [0.2, 0.25) is 76.8 Å². The lowest BCUT2D eigenvalue weighted by molar-refractivity contribution is -0.142. The number of H-pyrrole nitrogens is 1. The molecule has 0 aliphatic carbocycles. The number of aliphatic hydroxyl groups is 2. The fourth-order valence-corrected chi connectivity index (χ4v) is 10.2. The normalized spacial score (nSPS) is 15.3. The van der Waals surface area contributed by atoms with Crippen molar-refractivity contribution in [1.82, 2.24) is 74.1 Å². The van der Waals surface area contributed by atoms with Gasteiger partial charge in [0.1, 0.15) is 72.5 Å². The molecule has 0 spiro atoms. The Morgan fingerprint density at radius 3 is 1.35 bits per heavy atom. The first-order valence-corrected chi connectivity index (χ1v) is 33.7. The summed E-state index contributed by atoms with van der Waals surface area (Å²) in [6.07, 6.45) is -0.536. The number of carbonyl (C=O) groups excluding carboxylic acids is 13. The molecule has 0 saturated carbocycles. The van der Waals surface area contributed by atoms with Crippen molar-refractivity contribution in [2.24, 2.45) is 40.7 Å². The number of aliphatic carboxylic acids is 2. The third kappa shape index (κ3) is 28.3. The van der Waals surface area contributed by atoms with E-state index >= 15 is 0 Å². The van der Waals surface area contributed by atoms with E-state index in [1.807, 2.05) is 0 Å². The summed E-state index contributed by atoms with van der Waals surface area (Å²) < 4.78 is 0. The lowest BCUT2D eigenvalue weighted by Crippen LogP contribution is -2.62. The fraction of sp³-hybridized carbons (Fsp3) is 0.561. The Balaban J connectivity index is 1.86. The predicted octanol–water partition coefficient (Wildman–Crippen LogP) is -6.80. The quantitative estimate of drug-likeness (QED) is 0.0250. The highest BCUT2D eigenvalue weighted by Crippen LogP contribution is 2.20. The number of carbonyl (C=O) groups is 15. The van der Waals surface area contributed by atoms with Gasteiger partial charge in [0.05, 0.1) is 25.8 Å². The molecule has 13 amide bonds. The van der Waals surface area contributed by atoms with E-state index in [1.165, 1.54) is 20.0 Å². The molecule has 37 heteroatoms. The molecule has 103 heavy (non-hydrogen) atoms. The van der Waals surface area contributed by atoms with Gasteiger partial charge in [-0.2, -0.15) is 0 Å². The molecule has 0 aliphatic rings. The van der Waals surface area contributed by atoms with Gasteiger partial charge in [0.15, 0.2) is 0 Å². The Morgan fingerprint density at radius 1 is 0.447 bits per heavy atom. The van der Waals surface area contributed by atoms with Crippen molar-refractivity contribution in [2.45, 2.75) is 179 Å². The van der Waals surface area contributed by atoms with E-state index in [9.17, 15) is 92.3 Å².